The summed E-state index contributed by atoms with van der Waals surface area (Å²) < 4.78 is 0. The normalized spacial score (nSPS) is 20.0. The third-order valence-electron chi connectivity index (χ3n) is 5.00. The van der Waals surface area contributed by atoms with E-state index in [1.54, 1.807) is 0 Å². The van der Waals surface area contributed by atoms with Crippen molar-refractivity contribution in [3.05, 3.63) is 35.9 Å². The molecule has 0 spiro atoms. The summed E-state index contributed by atoms with van der Waals surface area (Å²) in [4.78, 5) is 29.3. The maximum atomic E-state index is 12.9. The van der Waals surface area contributed by atoms with Crippen molar-refractivity contribution in [3.63, 3.8) is 0 Å². The van der Waals surface area contributed by atoms with Crippen LogP contribution in [0.2, 0.25) is 0 Å². The van der Waals surface area contributed by atoms with Gasteiger partial charge in [0.1, 0.15) is 6.04 Å². The van der Waals surface area contributed by atoms with Gasteiger partial charge in [0, 0.05) is 38.6 Å². The van der Waals surface area contributed by atoms with Crippen molar-refractivity contribution < 1.29 is 9.59 Å². The van der Waals surface area contributed by atoms with Crippen LogP contribution >= 0.6 is 0 Å². The Labute approximate surface area is 150 Å². The van der Waals surface area contributed by atoms with Crippen molar-refractivity contribution in [2.24, 2.45) is 0 Å². The summed E-state index contributed by atoms with van der Waals surface area (Å²) >= 11 is 0. The zero-order chi connectivity index (χ0) is 17.6. The van der Waals surface area contributed by atoms with Crippen LogP contribution in [0.25, 0.3) is 0 Å². The van der Waals surface area contributed by atoms with Crippen molar-refractivity contribution in [1.29, 1.82) is 0 Å². The van der Waals surface area contributed by atoms with Gasteiger partial charge >= 0.3 is 0 Å². The van der Waals surface area contributed by atoms with Crippen molar-refractivity contribution in [2.45, 2.75) is 51.1 Å². The molecule has 1 atom stereocenters. The third kappa shape index (κ3) is 4.82. The molecular weight excluding hydrogens is 314 g/mol. The van der Waals surface area contributed by atoms with Crippen LogP contribution in [-0.4, -0.2) is 53.8 Å². The summed E-state index contributed by atoms with van der Waals surface area (Å²) in [5.41, 5.74) is 1.04. The molecule has 5 heteroatoms. The standard InChI is InChI=1S/C20H29N3O2/c1-2-7-18(24)22-12-6-13-23(15-14-22)19(16-8-4-3-5-9-16)20(25)21-17-10-11-17/h3-5,8-9,17,19H,2,6-7,10-15H2,1H3,(H,21,25)/t19-/m1/s1. The number of carbonyl (C=O) groups excluding carboxylic acids is 2. The second-order valence-corrected chi connectivity index (χ2v) is 7.12. The molecule has 1 aromatic carbocycles. The Morgan fingerprint density at radius 1 is 1.12 bits per heavy atom. The van der Waals surface area contributed by atoms with E-state index in [1.807, 2.05) is 42.2 Å². The highest BCUT2D eigenvalue weighted by molar-refractivity contribution is 5.83. The summed E-state index contributed by atoms with van der Waals surface area (Å²) in [5.74, 6) is 0.338. The van der Waals surface area contributed by atoms with Crippen LogP contribution in [0.3, 0.4) is 0 Å². The minimum atomic E-state index is -0.261. The van der Waals surface area contributed by atoms with Crippen LogP contribution in [0, 0.1) is 0 Å². The summed E-state index contributed by atoms with van der Waals surface area (Å²) in [6, 6.07) is 10.1. The van der Waals surface area contributed by atoms with Gasteiger partial charge in [0.15, 0.2) is 0 Å². The van der Waals surface area contributed by atoms with Gasteiger partial charge < -0.3 is 10.2 Å². The molecule has 0 radical (unpaired) electrons. The Bertz CT molecular complexity index is 586. The first-order chi connectivity index (χ1) is 12.2. The second-order valence-electron chi connectivity index (χ2n) is 7.12. The minimum Gasteiger partial charge on any atom is -0.352 e. The van der Waals surface area contributed by atoms with Gasteiger partial charge in [-0.2, -0.15) is 0 Å². The molecule has 0 aromatic heterocycles. The predicted molar refractivity (Wildman–Crippen MR) is 98.0 cm³/mol. The SMILES string of the molecule is CCCC(=O)N1CCCN([C@@H](C(=O)NC2CC2)c2ccccc2)CC1. The molecule has 1 aromatic rings. The van der Waals surface area contributed by atoms with E-state index in [4.69, 9.17) is 0 Å². The first-order valence-corrected chi connectivity index (χ1v) is 9.56. The molecule has 1 heterocycles. The molecule has 5 nitrogen and oxygen atoms in total. The molecule has 0 unspecified atom stereocenters. The fourth-order valence-corrected chi connectivity index (χ4v) is 3.49. The molecule has 136 valence electrons. The molecule has 1 saturated carbocycles. The van der Waals surface area contributed by atoms with Gasteiger partial charge in [-0.05, 0) is 31.2 Å². The fourth-order valence-electron chi connectivity index (χ4n) is 3.49. The van der Waals surface area contributed by atoms with Crippen molar-refractivity contribution in [3.8, 4) is 0 Å². The highest BCUT2D eigenvalue weighted by Crippen LogP contribution is 2.26. The summed E-state index contributed by atoms with van der Waals surface area (Å²) in [5, 5.41) is 3.16. The number of hydrogen-bond donors (Lipinski definition) is 1. The first-order valence-electron chi connectivity index (χ1n) is 9.56. The van der Waals surface area contributed by atoms with Gasteiger partial charge in [-0.15, -0.1) is 0 Å². The molecule has 1 aliphatic carbocycles. The highest BCUT2D eigenvalue weighted by atomic mass is 16.2. The van der Waals surface area contributed by atoms with Crippen LogP contribution < -0.4 is 5.32 Å². The third-order valence-corrected chi connectivity index (χ3v) is 5.00. The first kappa shape index (κ1) is 17.9. The topological polar surface area (TPSA) is 52.7 Å². The van der Waals surface area contributed by atoms with Crippen LogP contribution in [0.4, 0.5) is 0 Å². The molecule has 1 aliphatic heterocycles. The number of rotatable bonds is 6. The highest BCUT2D eigenvalue weighted by Gasteiger charge is 2.33. The molecule has 2 aliphatic rings. The Morgan fingerprint density at radius 2 is 1.88 bits per heavy atom. The van der Waals surface area contributed by atoms with Crippen molar-refractivity contribution >= 4 is 11.8 Å². The van der Waals surface area contributed by atoms with Crippen LogP contribution in [-0.2, 0) is 9.59 Å². The largest absolute Gasteiger partial charge is 0.352 e. The number of benzene rings is 1. The zero-order valence-corrected chi connectivity index (χ0v) is 15.1. The fraction of sp³-hybridized carbons (Fsp3) is 0.600. The molecular formula is C20H29N3O2. The molecule has 3 rings (SSSR count). The Morgan fingerprint density at radius 3 is 2.56 bits per heavy atom. The van der Waals surface area contributed by atoms with E-state index < -0.39 is 0 Å². The average Bonchev–Trinajstić information content (AvgIpc) is 3.43. The van der Waals surface area contributed by atoms with E-state index in [2.05, 4.69) is 10.2 Å². The van der Waals surface area contributed by atoms with Gasteiger partial charge in [-0.1, -0.05) is 37.3 Å². The Balaban J connectivity index is 1.71. The number of nitrogens with one attached hydrogen (secondary N) is 1. The van der Waals surface area contributed by atoms with Gasteiger partial charge in [-0.3, -0.25) is 14.5 Å². The van der Waals surface area contributed by atoms with Gasteiger partial charge in [0.25, 0.3) is 0 Å². The minimum absolute atomic E-state index is 0.0991. The second kappa shape index (κ2) is 8.48. The number of carbonyl (C=O) groups is 2. The van der Waals surface area contributed by atoms with E-state index in [0.29, 0.717) is 19.0 Å². The van der Waals surface area contributed by atoms with E-state index in [9.17, 15) is 9.59 Å². The average molecular weight is 343 g/mol. The van der Waals surface area contributed by atoms with E-state index in [0.717, 1.165) is 50.9 Å². The Hall–Kier alpha value is -1.88. The summed E-state index contributed by atoms with van der Waals surface area (Å²) in [6.07, 6.45) is 4.59. The number of hydrogen-bond acceptors (Lipinski definition) is 3. The van der Waals surface area contributed by atoms with Crippen LogP contribution in [0.5, 0.6) is 0 Å². The predicted octanol–water partition coefficient (Wildman–Crippen LogP) is 2.34. The molecule has 25 heavy (non-hydrogen) atoms. The van der Waals surface area contributed by atoms with Crippen molar-refractivity contribution in [1.82, 2.24) is 15.1 Å². The lowest BCUT2D eigenvalue weighted by molar-refractivity contribution is -0.131. The number of nitrogens with zero attached hydrogens (tertiary/aromatic N) is 2. The van der Waals surface area contributed by atoms with E-state index >= 15 is 0 Å². The van der Waals surface area contributed by atoms with E-state index in [-0.39, 0.29) is 17.9 Å². The van der Waals surface area contributed by atoms with Crippen LogP contribution in [0.15, 0.2) is 30.3 Å². The van der Waals surface area contributed by atoms with Crippen molar-refractivity contribution in [2.75, 3.05) is 26.2 Å². The smallest absolute Gasteiger partial charge is 0.242 e. The molecule has 1 saturated heterocycles. The summed E-state index contributed by atoms with van der Waals surface area (Å²) in [6.45, 7) is 5.12. The quantitative estimate of drug-likeness (QED) is 0.863. The lowest BCUT2D eigenvalue weighted by Gasteiger charge is -2.30. The van der Waals surface area contributed by atoms with Gasteiger partial charge in [-0.25, -0.2) is 0 Å². The lowest BCUT2D eigenvalue weighted by Crippen LogP contribution is -2.43. The van der Waals surface area contributed by atoms with E-state index in [1.165, 1.54) is 0 Å². The summed E-state index contributed by atoms with van der Waals surface area (Å²) in [7, 11) is 0. The molecule has 2 amide bonds. The molecule has 2 fully saturated rings. The maximum absolute atomic E-state index is 12.9. The maximum Gasteiger partial charge on any atom is 0.242 e. The Kier molecular flexibility index (Phi) is 6.08. The van der Waals surface area contributed by atoms with Crippen LogP contribution in [0.1, 0.15) is 50.6 Å². The monoisotopic (exact) mass is 343 g/mol. The van der Waals surface area contributed by atoms with Gasteiger partial charge in [0.05, 0.1) is 0 Å². The molecule has 0 bridgehead atoms. The molecule has 1 N–H and O–H groups in total. The number of amides is 2. The lowest BCUT2D eigenvalue weighted by atomic mass is 10.0. The zero-order valence-electron chi connectivity index (χ0n) is 15.1. The van der Waals surface area contributed by atoms with Gasteiger partial charge in [0.2, 0.25) is 11.8 Å².